The molecule has 4 rings (SSSR count). The highest BCUT2D eigenvalue weighted by atomic mass is 16.5. The maximum absolute atomic E-state index is 13.5. The van der Waals surface area contributed by atoms with Crippen LogP contribution in [0.15, 0.2) is 78.9 Å². The molecule has 144 valence electrons. The summed E-state index contributed by atoms with van der Waals surface area (Å²) in [5.41, 5.74) is 4.75. The number of nitrogens with zero attached hydrogens (tertiary/aromatic N) is 2. The number of benzene rings is 3. The normalized spacial score (nSPS) is 10.7. The minimum absolute atomic E-state index is 0.171. The van der Waals surface area contributed by atoms with E-state index in [4.69, 9.17) is 4.74 Å². The summed E-state index contributed by atoms with van der Waals surface area (Å²) in [6.45, 7) is 1.88. The summed E-state index contributed by atoms with van der Waals surface area (Å²) in [5, 5.41) is 0.899. The van der Waals surface area contributed by atoms with Crippen molar-refractivity contribution in [2.45, 2.75) is 6.92 Å². The average Bonchev–Trinajstić information content (AvgIpc) is 2.78. The van der Waals surface area contributed by atoms with Gasteiger partial charge in [0.05, 0.1) is 18.3 Å². The highest BCUT2D eigenvalue weighted by molar-refractivity contribution is 6.09. The van der Waals surface area contributed by atoms with Gasteiger partial charge in [0.2, 0.25) is 0 Å². The zero-order valence-corrected chi connectivity index (χ0v) is 16.7. The van der Waals surface area contributed by atoms with Crippen molar-refractivity contribution < 1.29 is 9.53 Å². The number of pyridine rings is 1. The van der Waals surface area contributed by atoms with Gasteiger partial charge >= 0.3 is 0 Å². The molecular formula is C25H22N2O2. The first kappa shape index (κ1) is 18.7. The number of anilines is 1. The number of amides is 1. The quantitative estimate of drug-likeness (QED) is 0.468. The fourth-order valence-corrected chi connectivity index (χ4v) is 3.64. The van der Waals surface area contributed by atoms with Crippen LogP contribution in [0.1, 0.15) is 16.1 Å². The van der Waals surface area contributed by atoms with Gasteiger partial charge in [-0.3, -0.25) is 4.79 Å². The third-order valence-electron chi connectivity index (χ3n) is 5.14. The van der Waals surface area contributed by atoms with Crippen molar-refractivity contribution in [1.29, 1.82) is 0 Å². The Morgan fingerprint density at radius 3 is 2.31 bits per heavy atom. The van der Waals surface area contributed by atoms with E-state index in [-0.39, 0.29) is 5.91 Å². The highest BCUT2D eigenvalue weighted by Gasteiger charge is 2.23. The lowest BCUT2D eigenvalue weighted by molar-refractivity contribution is 0.0987. The standard InChI is InChI=1S/C25H22N2O2/c1-17-23(26-21-15-9-7-14-20(21)24(17)29-3)25(28)27(2)22-16-10-8-13-19(22)18-11-5-4-6-12-18/h4-16H,1-3H3. The number of aromatic nitrogens is 1. The molecule has 0 bridgehead atoms. The molecule has 1 amide bonds. The van der Waals surface area contributed by atoms with Crippen LogP contribution in [0, 0.1) is 6.92 Å². The van der Waals surface area contributed by atoms with E-state index in [1.54, 1.807) is 19.1 Å². The van der Waals surface area contributed by atoms with Crippen molar-refractivity contribution in [2.24, 2.45) is 0 Å². The van der Waals surface area contributed by atoms with E-state index in [1.807, 2.05) is 85.8 Å². The van der Waals surface area contributed by atoms with Crippen molar-refractivity contribution in [1.82, 2.24) is 4.98 Å². The molecule has 0 atom stereocenters. The van der Waals surface area contributed by atoms with Gasteiger partial charge in [0.15, 0.2) is 0 Å². The molecule has 4 nitrogen and oxygen atoms in total. The van der Waals surface area contributed by atoms with Gasteiger partial charge in [-0.25, -0.2) is 4.98 Å². The van der Waals surface area contributed by atoms with Gasteiger partial charge in [0.25, 0.3) is 5.91 Å². The van der Waals surface area contributed by atoms with E-state index in [2.05, 4.69) is 4.98 Å². The Hall–Kier alpha value is -3.66. The Morgan fingerprint density at radius 2 is 1.55 bits per heavy atom. The molecule has 3 aromatic carbocycles. The highest BCUT2D eigenvalue weighted by Crippen LogP contribution is 2.33. The first-order chi connectivity index (χ1) is 14.1. The Balaban J connectivity index is 1.82. The van der Waals surface area contributed by atoms with E-state index < -0.39 is 0 Å². The number of para-hydroxylation sites is 2. The Bertz CT molecular complexity index is 1190. The summed E-state index contributed by atoms with van der Waals surface area (Å²) in [4.78, 5) is 19.8. The van der Waals surface area contributed by atoms with Crippen molar-refractivity contribution in [3.05, 3.63) is 90.1 Å². The van der Waals surface area contributed by atoms with Crippen molar-refractivity contribution in [3.63, 3.8) is 0 Å². The third kappa shape index (κ3) is 3.34. The summed E-state index contributed by atoms with van der Waals surface area (Å²) >= 11 is 0. The lowest BCUT2D eigenvalue weighted by Crippen LogP contribution is -2.28. The van der Waals surface area contributed by atoms with Gasteiger partial charge in [-0.2, -0.15) is 0 Å². The minimum atomic E-state index is -0.171. The number of hydrogen-bond donors (Lipinski definition) is 0. The van der Waals surface area contributed by atoms with E-state index in [9.17, 15) is 4.79 Å². The topological polar surface area (TPSA) is 42.4 Å². The molecule has 1 aromatic heterocycles. The van der Waals surface area contributed by atoms with Gasteiger partial charge in [0.1, 0.15) is 11.4 Å². The molecule has 0 aliphatic carbocycles. The number of rotatable bonds is 4. The summed E-state index contributed by atoms with van der Waals surface area (Å²) in [6, 6.07) is 25.6. The zero-order valence-electron chi connectivity index (χ0n) is 16.7. The summed E-state index contributed by atoms with van der Waals surface area (Å²) in [6.07, 6.45) is 0. The van der Waals surface area contributed by atoms with Crippen molar-refractivity contribution in [2.75, 3.05) is 19.1 Å². The third-order valence-corrected chi connectivity index (χ3v) is 5.14. The van der Waals surface area contributed by atoms with Gasteiger partial charge in [-0.05, 0) is 30.7 Å². The van der Waals surface area contributed by atoms with Crippen molar-refractivity contribution >= 4 is 22.5 Å². The molecule has 0 N–H and O–H groups in total. The monoisotopic (exact) mass is 382 g/mol. The smallest absolute Gasteiger partial charge is 0.277 e. The Kier molecular flexibility index (Phi) is 5.00. The molecule has 4 aromatic rings. The number of hydrogen-bond acceptors (Lipinski definition) is 3. The number of fused-ring (bicyclic) bond motifs is 1. The first-order valence-electron chi connectivity index (χ1n) is 9.47. The summed E-state index contributed by atoms with van der Waals surface area (Å²) in [7, 11) is 3.41. The minimum Gasteiger partial charge on any atom is -0.496 e. The molecule has 4 heteroatoms. The van der Waals surface area contributed by atoms with Gasteiger partial charge < -0.3 is 9.64 Å². The van der Waals surface area contributed by atoms with Crippen molar-refractivity contribution in [3.8, 4) is 16.9 Å². The number of ether oxygens (including phenoxy) is 1. The van der Waals surface area contributed by atoms with Crippen LogP contribution in [-0.2, 0) is 0 Å². The predicted octanol–water partition coefficient (Wildman–Crippen LogP) is 5.50. The second kappa shape index (κ2) is 7.76. The van der Waals surface area contributed by atoms with E-state index >= 15 is 0 Å². The molecule has 0 unspecified atom stereocenters. The second-order valence-electron chi connectivity index (χ2n) is 6.88. The van der Waals surface area contributed by atoms with Gasteiger partial charge in [0, 0.05) is 23.6 Å². The zero-order chi connectivity index (χ0) is 20.4. The number of carbonyl (C=O) groups excluding carboxylic acids is 1. The SMILES string of the molecule is COc1c(C)c(C(=O)N(C)c2ccccc2-c2ccccc2)nc2ccccc12. The fraction of sp³-hybridized carbons (Fsp3) is 0.120. The molecule has 1 heterocycles. The molecule has 0 saturated carbocycles. The second-order valence-corrected chi connectivity index (χ2v) is 6.88. The maximum atomic E-state index is 13.5. The molecule has 29 heavy (non-hydrogen) atoms. The molecule has 0 saturated heterocycles. The molecule has 0 aliphatic heterocycles. The fourth-order valence-electron chi connectivity index (χ4n) is 3.64. The molecule has 0 fully saturated rings. The Labute approximate surface area is 170 Å². The largest absolute Gasteiger partial charge is 0.496 e. The molecular weight excluding hydrogens is 360 g/mol. The van der Waals surface area contributed by atoms with Crippen LogP contribution in [-0.4, -0.2) is 25.0 Å². The van der Waals surface area contributed by atoms with Crippen LogP contribution >= 0.6 is 0 Å². The number of carbonyl (C=O) groups is 1. The van der Waals surface area contributed by atoms with Crippen LogP contribution in [0.5, 0.6) is 5.75 Å². The van der Waals surface area contributed by atoms with Gasteiger partial charge in [-0.15, -0.1) is 0 Å². The summed E-state index contributed by atoms with van der Waals surface area (Å²) < 4.78 is 5.62. The predicted molar refractivity (Wildman–Crippen MR) is 118 cm³/mol. The van der Waals surface area contributed by atoms with Crippen LogP contribution in [0.3, 0.4) is 0 Å². The average molecular weight is 382 g/mol. The first-order valence-corrected chi connectivity index (χ1v) is 9.47. The van der Waals surface area contributed by atoms with Crippen LogP contribution in [0.4, 0.5) is 5.69 Å². The van der Waals surface area contributed by atoms with Crippen LogP contribution in [0.2, 0.25) is 0 Å². The summed E-state index contributed by atoms with van der Waals surface area (Å²) in [5.74, 6) is 0.513. The molecule has 0 spiro atoms. The van der Waals surface area contributed by atoms with Crippen LogP contribution in [0.25, 0.3) is 22.0 Å². The molecule has 0 radical (unpaired) electrons. The molecule has 0 aliphatic rings. The Morgan fingerprint density at radius 1 is 0.897 bits per heavy atom. The number of methoxy groups -OCH3 is 1. The lowest BCUT2D eigenvalue weighted by Gasteiger charge is -2.22. The van der Waals surface area contributed by atoms with E-state index in [1.165, 1.54) is 0 Å². The lowest BCUT2D eigenvalue weighted by atomic mass is 10.0. The van der Waals surface area contributed by atoms with E-state index in [0.29, 0.717) is 11.4 Å². The van der Waals surface area contributed by atoms with E-state index in [0.717, 1.165) is 33.3 Å². The maximum Gasteiger partial charge on any atom is 0.277 e. The van der Waals surface area contributed by atoms with Crippen LogP contribution < -0.4 is 9.64 Å². The van der Waals surface area contributed by atoms with Gasteiger partial charge in [-0.1, -0.05) is 60.7 Å².